The third-order valence-corrected chi connectivity index (χ3v) is 3.37. The topological polar surface area (TPSA) is 63.8 Å². The lowest BCUT2D eigenvalue weighted by molar-refractivity contribution is 0.548. The zero-order chi connectivity index (χ0) is 13.0. The molecule has 4 nitrogen and oxygen atoms in total. The molecule has 1 unspecified atom stereocenters. The first kappa shape index (κ1) is 13.2. The molecule has 0 amide bonds. The zero-order valence-corrected chi connectivity index (χ0v) is 11.0. The van der Waals surface area contributed by atoms with Crippen molar-refractivity contribution in [1.29, 1.82) is 0 Å². The minimum Gasteiger partial charge on any atom is -0.271 e. The molecule has 0 bridgehead atoms. The number of nitrogens with one attached hydrogen (secondary N) is 1. The monoisotopic (exact) mass is 282 g/mol. The third kappa shape index (κ3) is 3.17. The Balaban J connectivity index is 2.18. The Morgan fingerprint density at radius 3 is 2.61 bits per heavy atom. The van der Waals surface area contributed by atoms with E-state index in [9.17, 15) is 0 Å². The van der Waals surface area contributed by atoms with Gasteiger partial charge < -0.3 is 0 Å². The van der Waals surface area contributed by atoms with Crippen LogP contribution in [0.1, 0.15) is 17.2 Å². The molecule has 0 spiro atoms. The number of halogens is 2. The van der Waals surface area contributed by atoms with E-state index in [0.717, 1.165) is 11.1 Å². The fraction of sp³-hybridized carbons (Fsp3) is 0.167. The molecular weight excluding hydrogens is 271 g/mol. The quantitative estimate of drug-likeness (QED) is 0.668. The summed E-state index contributed by atoms with van der Waals surface area (Å²) in [4.78, 5) is 0. The maximum Gasteiger partial charge on any atom is 0.0595 e. The van der Waals surface area contributed by atoms with Crippen molar-refractivity contribution in [2.75, 3.05) is 0 Å². The van der Waals surface area contributed by atoms with Crippen LogP contribution in [0.25, 0.3) is 0 Å². The van der Waals surface area contributed by atoms with Crippen molar-refractivity contribution in [3.05, 3.63) is 57.8 Å². The number of nitrogens with two attached hydrogens (primary N) is 1. The number of hydrazine groups is 1. The first-order valence-electron chi connectivity index (χ1n) is 5.37. The van der Waals surface area contributed by atoms with Gasteiger partial charge in [-0.3, -0.25) is 11.3 Å². The highest BCUT2D eigenvalue weighted by Gasteiger charge is 2.11. The average Bonchev–Trinajstić information content (AvgIpc) is 2.41. The molecule has 1 atom stereocenters. The summed E-state index contributed by atoms with van der Waals surface area (Å²) in [5.41, 5.74) is 4.77. The SMILES string of the molecule is NNC(Cc1ccc(Cl)c(Cl)c1)c1ccnnc1. The normalized spacial score (nSPS) is 12.4. The molecule has 0 saturated carbocycles. The summed E-state index contributed by atoms with van der Waals surface area (Å²) in [7, 11) is 0. The van der Waals surface area contributed by atoms with Gasteiger partial charge in [-0.15, -0.1) is 0 Å². The number of aromatic nitrogens is 2. The van der Waals surface area contributed by atoms with Gasteiger partial charge in [0.05, 0.1) is 22.3 Å². The van der Waals surface area contributed by atoms with Gasteiger partial charge in [0.2, 0.25) is 0 Å². The third-order valence-electron chi connectivity index (χ3n) is 2.63. The Kier molecular flexibility index (Phi) is 4.49. The van der Waals surface area contributed by atoms with E-state index in [1.807, 2.05) is 18.2 Å². The standard InChI is InChI=1S/C12H12Cl2N4/c13-10-2-1-8(5-11(10)14)6-12(18-15)9-3-4-16-17-7-9/h1-5,7,12,18H,6,15H2. The van der Waals surface area contributed by atoms with Crippen LogP contribution in [0.5, 0.6) is 0 Å². The number of benzene rings is 1. The number of rotatable bonds is 4. The second-order valence-electron chi connectivity index (χ2n) is 3.85. The van der Waals surface area contributed by atoms with E-state index in [1.54, 1.807) is 18.5 Å². The minimum atomic E-state index is -0.0438. The van der Waals surface area contributed by atoms with Crippen LogP contribution in [0.15, 0.2) is 36.7 Å². The Hall–Kier alpha value is -1.20. The Bertz CT molecular complexity index is 519. The molecule has 94 valence electrons. The Labute approximate surface area is 115 Å². The van der Waals surface area contributed by atoms with Crippen LogP contribution in [0, 0.1) is 0 Å². The Morgan fingerprint density at radius 2 is 2.00 bits per heavy atom. The van der Waals surface area contributed by atoms with Crippen molar-refractivity contribution < 1.29 is 0 Å². The van der Waals surface area contributed by atoms with Crippen LogP contribution in [-0.2, 0) is 6.42 Å². The molecule has 1 aromatic heterocycles. The molecule has 0 aliphatic carbocycles. The highest BCUT2D eigenvalue weighted by molar-refractivity contribution is 6.42. The molecule has 6 heteroatoms. The molecular formula is C12H12Cl2N4. The summed E-state index contributed by atoms with van der Waals surface area (Å²) in [6.07, 6.45) is 4.01. The van der Waals surface area contributed by atoms with Gasteiger partial charge in [0.15, 0.2) is 0 Å². The lowest BCUT2D eigenvalue weighted by atomic mass is 10.0. The van der Waals surface area contributed by atoms with Crippen LogP contribution < -0.4 is 11.3 Å². The van der Waals surface area contributed by atoms with E-state index in [4.69, 9.17) is 29.0 Å². The summed E-state index contributed by atoms with van der Waals surface area (Å²) >= 11 is 11.9. The van der Waals surface area contributed by atoms with E-state index in [0.29, 0.717) is 16.5 Å². The van der Waals surface area contributed by atoms with Crippen molar-refractivity contribution >= 4 is 23.2 Å². The molecule has 0 aliphatic heterocycles. The van der Waals surface area contributed by atoms with Crippen molar-refractivity contribution in [1.82, 2.24) is 15.6 Å². The average molecular weight is 283 g/mol. The van der Waals surface area contributed by atoms with Crippen molar-refractivity contribution in [3.63, 3.8) is 0 Å². The summed E-state index contributed by atoms with van der Waals surface area (Å²) in [6.45, 7) is 0. The van der Waals surface area contributed by atoms with Gasteiger partial charge in [0.25, 0.3) is 0 Å². The van der Waals surface area contributed by atoms with E-state index in [-0.39, 0.29) is 6.04 Å². The predicted octanol–water partition coefficient (Wildman–Crippen LogP) is 2.53. The van der Waals surface area contributed by atoms with E-state index in [2.05, 4.69) is 15.6 Å². The van der Waals surface area contributed by atoms with E-state index < -0.39 is 0 Å². The van der Waals surface area contributed by atoms with E-state index >= 15 is 0 Å². The molecule has 2 aromatic rings. The number of hydrogen-bond acceptors (Lipinski definition) is 4. The predicted molar refractivity (Wildman–Crippen MR) is 72.3 cm³/mol. The molecule has 18 heavy (non-hydrogen) atoms. The summed E-state index contributed by atoms with van der Waals surface area (Å²) < 4.78 is 0. The molecule has 1 heterocycles. The summed E-state index contributed by atoms with van der Waals surface area (Å²) in [5.74, 6) is 5.56. The van der Waals surface area contributed by atoms with Crippen LogP contribution in [0.3, 0.4) is 0 Å². The second kappa shape index (κ2) is 6.11. The maximum absolute atomic E-state index is 5.98. The smallest absolute Gasteiger partial charge is 0.0595 e. The van der Waals surface area contributed by atoms with Gasteiger partial charge in [-0.1, -0.05) is 29.3 Å². The van der Waals surface area contributed by atoms with Crippen molar-refractivity contribution in [3.8, 4) is 0 Å². The summed E-state index contributed by atoms with van der Waals surface area (Å²) in [6, 6.07) is 7.36. The van der Waals surface area contributed by atoms with Gasteiger partial charge >= 0.3 is 0 Å². The lowest BCUT2D eigenvalue weighted by Crippen LogP contribution is -2.29. The zero-order valence-electron chi connectivity index (χ0n) is 9.48. The van der Waals surface area contributed by atoms with E-state index in [1.165, 1.54) is 0 Å². The molecule has 0 saturated heterocycles. The van der Waals surface area contributed by atoms with Crippen LogP contribution >= 0.6 is 23.2 Å². The largest absolute Gasteiger partial charge is 0.271 e. The maximum atomic E-state index is 5.98. The fourth-order valence-electron chi connectivity index (χ4n) is 1.68. The fourth-order valence-corrected chi connectivity index (χ4v) is 2.00. The first-order valence-corrected chi connectivity index (χ1v) is 6.13. The minimum absolute atomic E-state index is 0.0438. The number of nitrogens with zero attached hydrogens (tertiary/aromatic N) is 2. The molecule has 2 rings (SSSR count). The molecule has 0 aliphatic rings. The highest BCUT2D eigenvalue weighted by Crippen LogP contribution is 2.25. The molecule has 1 aromatic carbocycles. The Morgan fingerprint density at radius 1 is 1.17 bits per heavy atom. The first-order chi connectivity index (χ1) is 8.70. The van der Waals surface area contributed by atoms with Gasteiger partial charge in [-0.05, 0) is 35.7 Å². The van der Waals surface area contributed by atoms with Gasteiger partial charge in [-0.25, -0.2) is 0 Å². The summed E-state index contributed by atoms with van der Waals surface area (Å²) in [5, 5.41) is 8.66. The van der Waals surface area contributed by atoms with Gasteiger partial charge in [-0.2, -0.15) is 10.2 Å². The highest BCUT2D eigenvalue weighted by atomic mass is 35.5. The van der Waals surface area contributed by atoms with Gasteiger partial charge in [0.1, 0.15) is 0 Å². The number of hydrogen-bond donors (Lipinski definition) is 2. The van der Waals surface area contributed by atoms with Crippen molar-refractivity contribution in [2.24, 2.45) is 5.84 Å². The van der Waals surface area contributed by atoms with Crippen molar-refractivity contribution in [2.45, 2.75) is 12.5 Å². The van der Waals surface area contributed by atoms with Crippen LogP contribution in [0.4, 0.5) is 0 Å². The molecule has 0 fully saturated rings. The molecule has 3 N–H and O–H groups in total. The van der Waals surface area contributed by atoms with Crippen LogP contribution in [0.2, 0.25) is 10.0 Å². The molecule has 0 radical (unpaired) electrons. The lowest BCUT2D eigenvalue weighted by Gasteiger charge is -2.16. The van der Waals surface area contributed by atoms with Crippen LogP contribution in [-0.4, -0.2) is 10.2 Å². The second-order valence-corrected chi connectivity index (χ2v) is 4.66. The van der Waals surface area contributed by atoms with Gasteiger partial charge in [0, 0.05) is 6.20 Å².